The Kier molecular flexibility index (Phi) is 12.6. The molecule has 5 nitrogen and oxygen atoms in total. The quantitative estimate of drug-likeness (QED) is 0.387. The maximum atomic E-state index is 5.24. The van der Waals surface area contributed by atoms with Gasteiger partial charge in [0, 0.05) is 13.7 Å². The monoisotopic (exact) mass is 207 g/mol. The summed E-state index contributed by atoms with van der Waals surface area (Å²) in [5.41, 5.74) is 2.57. The van der Waals surface area contributed by atoms with Crippen molar-refractivity contribution >= 4 is 0 Å². The van der Waals surface area contributed by atoms with Crippen LogP contribution in [0.1, 0.15) is 6.92 Å². The highest BCUT2D eigenvalue weighted by atomic mass is 16.7. The van der Waals surface area contributed by atoms with Crippen molar-refractivity contribution in [2.45, 2.75) is 6.92 Å². The van der Waals surface area contributed by atoms with Gasteiger partial charge >= 0.3 is 0 Å². The molecule has 0 aromatic carbocycles. The molecule has 0 atom stereocenters. The molecule has 0 amide bonds. The van der Waals surface area contributed by atoms with Gasteiger partial charge in [-0.05, 0) is 6.92 Å². The van der Waals surface area contributed by atoms with E-state index in [4.69, 9.17) is 19.0 Å². The molecule has 1 N–H and O–H groups in total. The molecule has 0 saturated heterocycles. The Morgan fingerprint density at radius 1 is 0.786 bits per heavy atom. The fraction of sp³-hybridized carbons (Fsp3) is 1.00. The van der Waals surface area contributed by atoms with Crippen LogP contribution in [0.3, 0.4) is 0 Å². The Hall–Kier alpha value is -0.200. The molecule has 0 radical (unpaired) electrons. The highest BCUT2D eigenvalue weighted by Crippen LogP contribution is 1.80. The summed E-state index contributed by atoms with van der Waals surface area (Å²) >= 11 is 0. The maximum Gasteiger partial charge on any atom is 0.0915 e. The Bertz CT molecular complexity index is 90.8. The first-order chi connectivity index (χ1) is 6.91. The minimum atomic E-state index is 0.551. The van der Waals surface area contributed by atoms with Crippen molar-refractivity contribution in [1.29, 1.82) is 0 Å². The molecule has 0 heterocycles. The lowest BCUT2D eigenvalue weighted by Crippen LogP contribution is -2.15. The van der Waals surface area contributed by atoms with Gasteiger partial charge in [-0.2, -0.15) is 0 Å². The Morgan fingerprint density at radius 2 is 1.29 bits per heavy atom. The summed E-state index contributed by atoms with van der Waals surface area (Å²) in [5, 5.41) is 0. The fourth-order valence-corrected chi connectivity index (χ4v) is 0.787. The minimum absolute atomic E-state index is 0.551. The van der Waals surface area contributed by atoms with Gasteiger partial charge in [-0.15, -0.1) is 0 Å². The molecule has 0 saturated carbocycles. The van der Waals surface area contributed by atoms with Crippen LogP contribution in [0.4, 0.5) is 0 Å². The molecule has 0 bridgehead atoms. The van der Waals surface area contributed by atoms with Crippen molar-refractivity contribution in [2.24, 2.45) is 0 Å². The number of rotatable bonds is 11. The van der Waals surface area contributed by atoms with Crippen molar-refractivity contribution in [1.82, 2.24) is 5.48 Å². The summed E-state index contributed by atoms with van der Waals surface area (Å²) in [6, 6.07) is 0. The summed E-state index contributed by atoms with van der Waals surface area (Å²) in [5.74, 6) is 0. The van der Waals surface area contributed by atoms with E-state index in [1.54, 1.807) is 7.05 Å². The molecule has 0 aliphatic rings. The van der Waals surface area contributed by atoms with Crippen LogP contribution in [-0.2, 0) is 19.0 Å². The second kappa shape index (κ2) is 12.8. The standard InChI is InChI=1S/C9H21NO4/c1-3-11-4-5-12-6-7-13-8-9-14-10-2/h10H,3-9H2,1-2H3. The lowest BCUT2D eigenvalue weighted by atomic mass is 10.7. The van der Waals surface area contributed by atoms with Crippen molar-refractivity contribution in [2.75, 3.05) is 53.3 Å². The SMILES string of the molecule is CCOCCOCCOCCONC. The Balaban J connectivity index is 2.78. The molecule has 86 valence electrons. The summed E-state index contributed by atoms with van der Waals surface area (Å²) < 4.78 is 15.5. The first-order valence-corrected chi connectivity index (χ1v) is 4.93. The van der Waals surface area contributed by atoms with Gasteiger partial charge < -0.3 is 14.2 Å². The van der Waals surface area contributed by atoms with Crippen molar-refractivity contribution in [3.8, 4) is 0 Å². The second-order valence-corrected chi connectivity index (χ2v) is 2.47. The van der Waals surface area contributed by atoms with Crippen LogP contribution < -0.4 is 5.48 Å². The molecule has 5 heteroatoms. The number of hydroxylamine groups is 1. The zero-order valence-corrected chi connectivity index (χ0v) is 9.08. The average Bonchev–Trinajstić information content (AvgIpc) is 2.21. The third-order valence-corrected chi connectivity index (χ3v) is 1.42. The zero-order chi connectivity index (χ0) is 10.5. The van der Waals surface area contributed by atoms with Crippen LogP contribution in [0.25, 0.3) is 0 Å². The summed E-state index contributed by atoms with van der Waals surface area (Å²) in [6.07, 6.45) is 0. The van der Waals surface area contributed by atoms with E-state index >= 15 is 0 Å². The molecule has 0 aliphatic carbocycles. The van der Waals surface area contributed by atoms with E-state index in [0.717, 1.165) is 6.61 Å². The van der Waals surface area contributed by atoms with Crippen molar-refractivity contribution in [3.63, 3.8) is 0 Å². The van der Waals surface area contributed by atoms with Crippen molar-refractivity contribution in [3.05, 3.63) is 0 Å². The van der Waals surface area contributed by atoms with Gasteiger partial charge in [0.1, 0.15) is 0 Å². The summed E-state index contributed by atoms with van der Waals surface area (Å²) in [7, 11) is 1.72. The van der Waals surface area contributed by atoms with E-state index < -0.39 is 0 Å². The predicted molar refractivity (Wildman–Crippen MR) is 53.1 cm³/mol. The van der Waals surface area contributed by atoms with Gasteiger partial charge in [-0.25, -0.2) is 5.48 Å². The van der Waals surface area contributed by atoms with Gasteiger partial charge in [-0.1, -0.05) is 0 Å². The average molecular weight is 207 g/mol. The van der Waals surface area contributed by atoms with Crippen LogP contribution in [0.15, 0.2) is 0 Å². The molecule has 0 unspecified atom stereocenters. The number of hydrogen-bond acceptors (Lipinski definition) is 5. The first kappa shape index (κ1) is 13.8. The lowest BCUT2D eigenvalue weighted by molar-refractivity contribution is -0.0181. The van der Waals surface area contributed by atoms with E-state index in [9.17, 15) is 0 Å². The highest BCUT2D eigenvalue weighted by Gasteiger charge is 1.90. The topological polar surface area (TPSA) is 49.0 Å². The van der Waals surface area contributed by atoms with Crippen LogP contribution >= 0.6 is 0 Å². The molecule has 0 spiro atoms. The first-order valence-electron chi connectivity index (χ1n) is 4.93. The van der Waals surface area contributed by atoms with Crippen LogP contribution in [0.5, 0.6) is 0 Å². The number of hydrogen-bond donors (Lipinski definition) is 1. The van der Waals surface area contributed by atoms with Gasteiger partial charge in [-0.3, -0.25) is 4.84 Å². The molecule has 0 rings (SSSR count). The fourth-order valence-electron chi connectivity index (χ4n) is 0.787. The van der Waals surface area contributed by atoms with Crippen LogP contribution in [-0.4, -0.2) is 53.3 Å². The highest BCUT2D eigenvalue weighted by molar-refractivity contribution is 4.32. The molecular formula is C9H21NO4. The number of nitrogens with one attached hydrogen (secondary N) is 1. The molecule has 0 aromatic rings. The molecular weight excluding hydrogens is 186 g/mol. The molecule has 0 aliphatic heterocycles. The molecule has 14 heavy (non-hydrogen) atoms. The van der Waals surface area contributed by atoms with E-state index in [2.05, 4.69) is 5.48 Å². The van der Waals surface area contributed by atoms with E-state index in [1.165, 1.54) is 0 Å². The Morgan fingerprint density at radius 3 is 1.79 bits per heavy atom. The van der Waals surface area contributed by atoms with Crippen molar-refractivity contribution < 1.29 is 19.0 Å². The maximum absolute atomic E-state index is 5.24. The lowest BCUT2D eigenvalue weighted by Gasteiger charge is -2.05. The Labute approximate surface area is 85.6 Å². The normalized spacial score (nSPS) is 10.7. The van der Waals surface area contributed by atoms with E-state index in [1.807, 2.05) is 6.92 Å². The van der Waals surface area contributed by atoms with E-state index in [-0.39, 0.29) is 0 Å². The third kappa shape index (κ3) is 11.8. The second-order valence-electron chi connectivity index (χ2n) is 2.47. The minimum Gasteiger partial charge on any atom is -0.379 e. The van der Waals surface area contributed by atoms with Crippen LogP contribution in [0, 0.1) is 0 Å². The van der Waals surface area contributed by atoms with Gasteiger partial charge in [0.2, 0.25) is 0 Å². The zero-order valence-electron chi connectivity index (χ0n) is 9.08. The molecule has 0 aromatic heterocycles. The van der Waals surface area contributed by atoms with Crippen LogP contribution in [0.2, 0.25) is 0 Å². The predicted octanol–water partition coefficient (Wildman–Crippen LogP) is 0.207. The van der Waals surface area contributed by atoms with Gasteiger partial charge in [0.15, 0.2) is 0 Å². The summed E-state index contributed by atoms with van der Waals surface area (Å²) in [4.78, 5) is 4.86. The number of ether oxygens (including phenoxy) is 3. The van der Waals surface area contributed by atoms with E-state index in [0.29, 0.717) is 39.6 Å². The smallest absolute Gasteiger partial charge is 0.0915 e. The van der Waals surface area contributed by atoms with Gasteiger partial charge in [0.25, 0.3) is 0 Å². The van der Waals surface area contributed by atoms with Gasteiger partial charge in [0.05, 0.1) is 39.6 Å². The largest absolute Gasteiger partial charge is 0.379 e. The summed E-state index contributed by atoms with van der Waals surface area (Å²) in [6.45, 7) is 6.31. The molecule has 0 fully saturated rings. The third-order valence-electron chi connectivity index (χ3n) is 1.42.